The molecule has 0 amide bonds. The first-order valence-corrected chi connectivity index (χ1v) is 7.60. The minimum absolute atomic E-state index is 0.161. The molecule has 0 aliphatic rings. The molecule has 110 valence electrons. The van der Waals surface area contributed by atoms with Crippen molar-refractivity contribution in [2.75, 3.05) is 0 Å². The highest BCUT2D eigenvalue weighted by molar-refractivity contribution is 9.10. The van der Waals surface area contributed by atoms with Crippen LogP contribution in [0.1, 0.15) is 16.8 Å². The zero-order chi connectivity index (χ0) is 15.7. The number of aryl methyl sites for hydroxylation is 1. The zero-order valence-corrected chi connectivity index (χ0v) is 13.5. The van der Waals surface area contributed by atoms with Crippen LogP contribution in [0.5, 0.6) is 11.5 Å². The van der Waals surface area contributed by atoms with E-state index < -0.39 is 0 Å². The summed E-state index contributed by atoms with van der Waals surface area (Å²) in [7, 11) is 0. The van der Waals surface area contributed by atoms with Crippen LogP contribution < -0.4 is 0 Å². The molecule has 0 saturated heterocycles. The Bertz CT molecular complexity index is 888. The highest BCUT2D eigenvalue weighted by atomic mass is 79.9. The largest absolute Gasteiger partial charge is 0.506 e. The Balaban J connectivity index is 2.01. The molecule has 0 aliphatic carbocycles. The lowest BCUT2D eigenvalue weighted by molar-refractivity contribution is 0.470. The smallest absolute Gasteiger partial charge is 0.141 e. The first kappa shape index (κ1) is 14.6. The van der Waals surface area contributed by atoms with E-state index in [1.807, 2.05) is 43.3 Å². The van der Waals surface area contributed by atoms with Crippen LogP contribution in [0.4, 0.5) is 0 Å². The van der Waals surface area contributed by atoms with Crippen LogP contribution in [0, 0.1) is 6.92 Å². The summed E-state index contributed by atoms with van der Waals surface area (Å²) >= 11 is 3.33. The number of nitrogens with zero attached hydrogens (tertiary/aromatic N) is 1. The van der Waals surface area contributed by atoms with Gasteiger partial charge in [-0.25, -0.2) is 4.98 Å². The molecule has 0 spiro atoms. The molecule has 0 fully saturated rings. The predicted octanol–water partition coefficient (Wildman–Crippen LogP) is 4.89. The topological polar surface area (TPSA) is 53.4 Å². The standard InChI is InChI=1S/C18H14BrNO2/c1-11-9-13(18(22)15(19)10-11)6-8-14-7-5-12-3-2-4-16(21)17(12)20-14/h2-10,21-22H,1H3/b8-6+. The van der Waals surface area contributed by atoms with Crippen molar-refractivity contribution < 1.29 is 10.2 Å². The summed E-state index contributed by atoms with van der Waals surface area (Å²) < 4.78 is 0.663. The van der Waals surface area contributed by atoms with Crippen molar-refractivity contribution >= 4 is 39.0 Å². The van der Waals surface area contributed by atoms with Gasteiger partial charge in [0.05, 0.1) is 10.2 Å². The lowest BCUT2D eigenvalue weighted by atomic mass is 10.1. The normalized spacial score (nSPS) is 11.4. The summed E-state index contributed by atoms with van der Waals surface area (Å²) in [6.45, 7) is 1.97. The fraction of sp³-hybridized carbons (Fsp3) is 0.0556. The average molecular weight is 356 g/mol. The minimum Gasteiger partial charge on any atom is -0.506 e. The fourth-order valence-corrected chi connectivity index (χ4v) is 2.89. The summed E-state index contributed by atoms with van der Waals surface area (Å²) in [6.07, 6.45) is 3.62. The second-order valence-electron chi connectivity index (χ2n) is 5.10. The number of hydrogen-bond acceptors (Lipinski definition) is 3. The van der Waals surface area contributed by atoms with Crippen molar-refractivity contribution in [1.29, 1.82) is 0 Å². The van der Waals surface area contributed by atoms with Crippen LogP contribution in [0.15, 0.2) is 46.9 Å². The molecule has 0 bridgehead atoms. The Morgan fingerprint density at radius 1 is 1.05 bits per heavy atom. The molecule has 3 aromatic rings. The van der Waals surface area contributed by atoms with E-state index in [-0.39, 0.29) is 11.5 Å². The van der Waals surface area contributed by atoms with Gasteiger partial charge in [-0.1, -0.05) is 18.2 Å². The second kappa shape index (κ2) is 5.81. The highest BCUT2D eigenvalue weighted by Gasteiger charge is 2.05. The number of benzene rings is 2. The zero-order valence-electron chi connectivity index (χ0n) is 11.9. The van der Waals surface area contributed by atoms with Gasteiger partial charge in [-0.2, -0.15) is 0 Å². The van der Waals surface area contributed by atoms with Crippen LogP contribution in [0.25, 0.3) is 23.1 Å². The van der Waals surface area contributed by atoms with Crippen LogP contribution >= 0.6 is 15.9 Å². The van der Waals surface area contributed by atoms with Crippen molar-refractivity contribution in [2.45, 2.75) is 6.92 Å². The Labute approximate surface area is 136 Å². The maximum absolute atomic E-state index is 10.1. The molecule has 2 N–H and O–H groups in total. The van der Waals surface area contributed by atoms with Crippen LogP contribution in [0.3, 0.4) is 0 Å². The lowest BCUT2D eigenvalue weighted by Gasteiger charge is -2.04. The maximum atomic E-state index is 10.1. The third-order valence-electron chi connectivity index (χ3n) is 3.39. The van der Waals surface area contributed by atoms with Gasteiger partial charge in [0, 0.05) is 10.9 Å². The summed E-state index contributed by atoms with van der Waals surface area (Å²) in [5, 5.41) is 20.8. The van der Waals surface area contributed by atoms with Crippen LogP contribution in [-0.2, 0) is 0 Å². The van der Waals surface area contributed by atoms with Gasteiger partial charge < -0.3 is 10.2 Å². The van der Waals surface area contributed by atoms with E-state index >= 15 is 0 Å². The number of hydrogen-bond donors (Lipinski definition) is 2. The molecule has 0 saturated carbocycles. The van der Waals surface area contributed by atoms with Crippen molar-refractivity contribution in [3.8, 4) is 11.5 Å². The number of phenols is 2. The van der Waals surface area contributed by atoms with Crippen molar-refractivity contribution in [3.05, 3.63) is 63.8 Å². The van der Waals surface area contributed by atoms with E-state index in [1.165, 1.54) is 0 Å². The maximum Gasteiger partial charge on any atom is 0.141 e. The van der Waals surface area contributed by atoms with Gasteiger partial charge in [-0.05, 0) is 64.8 Å². The molecule has 3 nitrogen and oxygen atoms in total. The SMILES string of the molecule is Cc1cc(Br)c(O)c(/C=C/c2ccc3cccc(O)c3n2)c1. The number of aromatic nitrogens is 1. The summed E-state index contributed by atoms with van der Waals surface area (Å²) in [5.41, 5.74) is 3.05. The fourth-order valence-electron chi connectivity index (χ4n) is 2.30. The number of para-hydroxylation sites is 1. The van der Waals surface area contributed by atoms with Gasteiger partial charge in [0.25, 0.3) is 0 Å². The van der Waals surface area contributed by atoms with Crippen molar-refractivity contribution in [3.63, 3.8) is 0 Å². The molecular formula is C18H14BrNO2. The molecule has 0 atom stereocenters. The highest BCUT2D eigenvalue weighted by Crippen LogP contribution is 2.30. The van der Waals surface area contributed by atoms with Gasteiger partial charge >= 0.3 is 0 Å². The van der Waals surface area contributed by atoms with E-state index in [0.717, 1.165) is 10.9 Å². The lowest BCUT2D eigenvalue weighted by Crippen LogP contribution is -1.84. The van der Waals surface area contributed by atoms with Gasteiger partial charge in [0.1, 0.15) is 17.0 Å². The summed E-state index contributed by atoms with van der Waals surface area (Å²) in [4.78, 5) is 4.43. The van der Waals surface area contributed by atoms with Gasteiger partial charge in [0.2, 0.25) is 0 Å². The van der Waals surface area contributed by atoms with E-state index in [2.05, 4.69) is 20.9 Å². The first-order valence-electron chi connectivity index (χ1n) is 6.80. The number of halogens is 1. The number of aromatic hydroxyl groups is 2. The predicted molar refractivity (Wildman–Crippen MR) is 92.9 cm³/mol. The summed E-state index contributed by atoms with van der Waals surface area (Å²) in [6, 6.07) is 12.9. The van der Waals surface area contributed by atoms with Crippen molar-refractivity contribution in [2.24, 2.45) is 0 Å². The number of phenolic OH excluding ortho intramolecular Hbond substituents is 2. The second-order valence-corrected chi connectivity index (χ2v) is 5.96. The molecule has 0 unspecified atom stereocenters. The van der Waals surface area contributed by atoms with E-state index in [1.54, 1.807) is 18.2 Å². The molecule has 4 heteroatoms. The summed E-state index contributed by atoms with van der Waals surface area (Å²) in [5.74, 6) is 0.361. The Morgan fingerprint density at radius 2 is 1.86 bits per heavy atom. The quantitative estimate of drug-likeness (QED) is 0.688. The molecular weight excluding hydrogens is 342 g/mol. The van der Waals surface area contributed by atoms with Gasteiger partial charge in [-0.3, -0.25) is 0 Å². The third kappa shape index (κ3) is 2.83. The Morgan fingerprint density at radius 3 is 2.68 bits per heavy atom. The minimum atomic E-state index is 0.161. The van der Waals surface area contributed by atoms with Crippen LogP contribution in [-0.4, -0.2) is 15.2 Å². The molecule has 3 rings (SSSR count). The monoisotopic (exact) mass is 355 g/mol. The molecule has 22 heavy (non-hydrogen) atoms. The van der Waals surface area contributed by atoms with E-state index in [4.69, 9.17) is 0 Å². The average Bonchev–Trinajstić information content (AvgIpc) is 2.50. The molecule has 0 radical (unpaired) electrons. The number of fused-ring (bicyclic) bond motifs is 1. The third-order valence-corrected chi connectivity index (χ3v) is 4.00. The number of pyridine rings is 1. The molecule has 2 aromatic carbocycles. The van der Waals surface area contributed by atoms with Gasteiger partial charge in [-0.15, -0.1) is 0 Å². The van der Waals surface area contributed by atoms with Crippen LogP contribution in [0.2, 0.25) is 0 Å². The molecule has 1 heterocycles. The molecule has 1 aromatic heterocycles. The Hall–Kier alpha value is -2.33. The Kier molecular flexibility index (Phi) is 3.86. The number of rotatable bonds is 2. The first-order chi connectivity index (χ1) is 10.5. The van der Waals surface area contributed by atoms with Crippen molar-refractivity contribution in [1.82, 2.24) is 4.98 Å². The van der Waals surface area contributed by atoms with Gasteiger partial charge in [0.15, 0.2) is 0 Å². The van der Waals surface area contributed by atoms with E-state index in [9.17, 15) is 10.2 Å². The molecule has 0 aliphatic heterocycles. The van der Waals surface area contributed by atoms with E-state index in [0.29, 0.717) is 21.2 Å².